The van der Waals surface area contributed by atoms with Gasteiger partial charge in [0.05, 0.1) is 11.6 Å². The van der Waals surface area contributed by atoms with Gasteiger partial charge in [-0.1, -0.05) is 30.7 Å². The Labute approximate surface area is 216 Å². The van der Waals surface area contributed by atoms with E-state index >= 15 is 0 Å². The summed E-state index contributed by atoms with van der Waals surface area (Å²) >= 11 is 0. The van der Waals surface area contributed by atoms with E-state index in [4.69, 9.17) is 11.5 Å². The maximum absolute atomic E-state index is 14.6. The van der Waals surface area contributed by atoms with Crippen molar-refractivity contribution < 1.29 is 9.18 Å². The van der Waals surface area contributed by atoms with Crippen LogP contribution < -0.4 is 16.4 Å². The number of likely N-dealkylation sites (tertiary alicyclic amines) is 1. The molecule has 2 aromatic rings. The van der Waals surface area contributed by atoms with Crippen LogP contribution in [0.3, 0.4) is 0 Å². The van der Waals surface area contributed by atoms with E-state index in [2.05, 4.69) is 34.2 Å². The lowest BCUT2D eigenvalue weighted by Crippen LogP contribution is -2.41. The third-order valence-electron chi connectivity index (χ3n) is 7.57. The van der Waals surface area contributed by atoms with E-state index < -0.39 is 5.82 Å². The van der Waals surface area contributed by atoms with Crippen molar-refractivity contribution in [3.05, 3.63) is 82.7 Å². The Kier molecular flexibility index (Phi) is 6.95. The van der Waals surface area contributed by atoms with Crippen LogP contribution >= 0.6 is 0 Å². The molecule has 190 valence electrons. The van der Waals surface area contributed by atoms with Gasteiger partial charge in [-0.25, -0.2) is 4.39 Å². The van der Waals surface area contributed by atoms with Gasteiger partial charge in [0.1, 0.15) is 11.9 Å². The molecule has 2 aliphatic heterocycles. The fourth-order valence-corrected chi connectivity index (χ4v) is 5.23. The number of guanidine groups is 1. The van der Waals surface area contributed by atoms with Crippen molar-refractivity contribution in [1.29, 1.82) is 5.26 Å². The number of carbonyl (C=O) groups excluding carboxylic acids is 1. The molecule has 3 aliphatic rings. The third-order valence-corrected chi connectivity index (χ3v) is 7.57. The summed E-state index contributed by atoms with van der Waals surface area (Å²) in [5.74, 6) is 0.0706. The third kappa shape index (κ3) is 5.21. The summed E-state index contributed by atoms with van der Waals surface area (Å²) < 4.78 is 14.6. The Morgan fingerprint density at radius 2 is 1.78 bits per heavy atom. The molecule has 0 unspecified atom stereocenters. The number of nitrogens with two attached hydrogens (primary N) is 2. The fourth-order valence-electron chi connectivity index (χ4n) is 5.23. The highest BCUT2D eigenvalue weighted by atomic mass is 19.1. The van der Waals surface area contributed by atoms with Gasteiger partial charge in [-0.2, -0.15) is 5.26 Å². The second kappa shape index (κ2) is 10.5. The predicted octanol–water partition coefficient (Wildman–Crippen LogP) is 4.02. The lowest BCUT2D eigenvalue weighted by molar-refractivity contribution is -0.127. The molecule has 8 heteroatoms. The fraction of sp³-hybridized carbons (Fsp3) is 0.345. The first kappa shape index (κ1) is 24.6. The van der Waals surface area contributed by atoms with Crippen molar-refractivity contribution in [2.75, 3.05) is 24.5 Å². The summed E-state index contributed by atoms with van der Waals surface area (Å²) in [6.45, 7) is 1.61. The predicted molar refractivity (Wildman–Crippen MR) is 143 cm³/mol. The van der Waals surface area contributed by atoms with Crippen LogP contribution in [0.25, 0.3) is 5.70 Å². The Morgan fingerprint density at radius 1 is 1.05 bits per heavy atom. The molecule has 0 radical (unpaired) electrons. The molecule has 7 nitrogen and oxygen atoms in total. The van der Waals surface area contributed by atoms with Crippen molar-refractivity contribution in [2.24, 2.45) is 16.5 Å². The number of amides is 1. The number of halogens is 1. The van der Waals surface area contributed by atoms with E-state index in [-0.39, 0.29) is 23.5 Å². The number of benzene rings is 2. The average Bonchev–Trinajstić information content (AvgIpc) is 2.87. The minimum atomic E-state index is -0.578. The topological polar surface area (TPSA) is 112 Å². The number of piperidine rings is 1. The van der Waals surface area contributed by atoms with Crippen molar-refractivity contribution >= 4 is 23.3 Å². The van der Waals surface area contributed by atoms with Crippen molar-refractivity contribution in [3.8, 4) is 6.07 Å². The van der Waals surface area contributed by atoms with E-state index in [1.165, 1.54) is 37.0 Å². The SMILES string of the molecule is N#Cc1ccc(C2=CC(C(=O)N3CCC(N=C(N)N)CC3)=CCN2c2ccc(C3CCC3)cc2)cc1F. The molecule has 1 aliphatic carbocycles. The molecule has 1 saturated heterocycles. The van der Waals surface area contributed by atoms with Crippen molar-refractivity contribution in [2.45, 2.75) is 44.1 Å². The zero-order valence-electron chi connectivity index (χ0n) is 20.7. The smallest absolute Gasteiger partial charge is 0.253 e. The molecule has 1 amide bonds. The Morgan fingerprint density at radius 3 is 2.38 bits per heavy atom. The van der Waals surface area contributed by atoms with E-state index in [1.807, 2.05) is 23.1 Å². The highest BCUT2D eigenvalue weighted by Gasteiger charge is 2.28. The molecular weight excluding hydrogens is 467 g/mol. The first-order valence-corrected chi connectivity index (χ1v) is 12.8. The van der Waals surface area contributed by atoms with E-state index in [9.17, 15) is 14.4 Å². The van der Waals surface area contributed by atoms with Crippen LogP contribution in [0.15, 0.2) is 65.2 Å². The standard InChI is InChI=1S/C29H31FN6O/c30-26-16-21(4-5-23(26)18-31)27-17-22(28(37)35-13-11-24(12-14-35)34-29(32)33)10-15-36(27)25-8-6-20(7-9-25)19-2-1-3-19/h4-10,16-17,19,24H,1-3,11-15H2,(H4,32,33,34). The lowest BCUT2D eigenvalue weighted by atomic mass is 9.80. The first-order valence-electron chi connectivity index (χ1n) is 12.8. The zero-order chi connectivity index (χ0) is 25.9. The van der Waals surface area contributed by atoms with Gasteiger partial charge in [0, 0.05) is 42.2 Å². The second-order valence-electron chi connectivity index (χ2n) is 9.90. The van der Waals surface area contributed by atoms with Crippen LogP contribution in [0.1, 0.15) is 54.7 Å². The number of nitriles is 1. The van der Waals surface area contributed by atoms with Gasteiger partial charge in [-0.05, 0) is 67.5 Å². The minimum absolute atomic E-state index is 0.00736. The minimum Gasteiger partial charge on any atom is -0.370 e. The second-order valence-corrected chi connectivity index (χ2v) is 9.90. The molecule has 2 fully saturated rings. The molecule has 1 saturated carbocycles. The molecule has 37 heavy (non-hydrogen) atoms. The molecular formula is C29H31FN6O. The normalized spacial score (nSPS) is 18.4. The van der Waals surface area contributed by atoms with Crippen LogP contribution in [0, 0.1) is 17.1 Å². The van der Waals surface area contributed by atoms with E-state index in [0.717, 1.165) is 11.4 Å². The molecule has 0 atom stereocenters. The first-order chi connectivity index (χ1) is 17.9. The van der Waals surface area contributed by atoms with E-state index in [1.54, 1.807) is 6.07 Å². The quantitative estimate of drug-likeness (QED) is 0.478. The van der Waals surface area contributed by atoms with Gasteiger partial charge in [0.25, 0.3) is 5.91 Å². The highest BCUT2D eigenvalue weighted by molar-refractivity contribution is 6.00. The van der Waals surface area contributed by atoms with Crippen molar-refractivity contribution in [1.82, 2.24) is 4.90 Å². The van der Waals surface area contributed by atoms with Crippen LogP contribution in [0.5, 0.6) is 0 Å². The van der Waals surface area contributed by atoms with Gasteiger partial charge in [0.15, 0.2) is 5.96 Å². The molecule has 0 aromatic heterocycles. The number of rotatable bonds is 5. The van der Waals surface area contributed by atoms with Crippen molar-refractivity contribution in [3.63, 3.8) is 0 Å². The summed E-state index contributed by atoms with van der Waals surface area (Å²) in [6, 6.07) is 15.0. The summed E-state index contributed by atoms with van der Waals surface area (Å²) in [4.78, 5) is 21.5. The molecule has 0 bridgehead atoms. The van der Waals surface area contributed by atoms with Gasteiger partial charge in [-0.3, -0.25) is 9.79 Å². The molecule has 4 N–H and O–H groups in total. The summed E-state index contributed by atoms with van der Waals surface area (Å²) in [7, 11) is 0. The summed E-state index contributed by atoms with van der Waals surface area (Å²) in [5.41, 5.74) is 15.2. The lowest BCUT2D eigenvalue weighted by Gasteiger charge is -2.34. The summed E-state index contributed by atoms with van der Waals surface area (Å²) in [6.07, 6.45) is 8.90. The Balaban J connectivity index is 1.42. The van der Waals surface area contributed by atoms with Crippen LogP contribution in [-0.2, 0) is 4.79 Å². The number of anilines is 1. The molecule has 5 rings (SSSR count). The van der Waals surface area contributed by atoms with Crippen LogP contribution in [0.4, 0.5) is 10.1 Å². The maximum atomic E-state index is 14.6. The van der Waals surface area contributed by atoms with E-state index in [0.29, 0.717) is 49.5 Å². The Bertz CT molecular complexity index is 1310. The molecule has 0 spiro atoms. The highest BCUT2D eigenvalue weighted by Crippen LogP contribution is 2.38. The van der Waals surface area contributed by atoms with Crippen LogP contribution in [-0.4, -0.2) is 42.4 Å². The Hall–Kier alpha value is -4.12. The monoisotopic (exact) mass is 498 g/mol. The number of hydrogen-bond acceptors (Lipinski definition) is 4. The number of aliphatic imine (C=N–C) groups is 1. The molecule has 2 aromatic carbocycles. The van der Waals surface area contributed by atoms with Gasteiger partial charge in [-0.15, -0.1) is 0 Å². The van der Waals surface area contributed by atoms with Crippen LogP contribution in [0.2, 0.25) is 0 Å². The van der Waals surface area contributed by atoms with Gasteiger partial charge < -0.3 is 21.3 Å². The maximum Gasteiger partial charge on any atom is 0.253 e. The number of carbonyl (C=O) groups is 1. The summed E-state index contributed by atoms with van der Waals surface area (Å²) in [5, 5.41) is 9.18. The van der Waals surface area contributed by atoms with Gasteiger partial charge in [0.2, 0.25) is 0 Å². The number of nitrogens with zero attached hydrogens (tertiary/aromatic N) is 4. The van der Waals surface area contributed by atoms with Gasteiger partial charge >= 0.3 is 0 Å². The zero-order valence-corrected chi connectivity index (χ0v) is 20.7. The largest absolute Gasteiger partial charge is 0.370 e. The molecule has 2 heterocycles. The number of hydrogen-bond donors (Lipinski definition) is 2. The average molecular weight is 499 g/mol.